The molecule has 2 unspecified atom stereocenters. The summed E-state index contributed by atoms with van der Waals surface area (Å²) in [7, 11) is 0. The van der Waals surface area contributed by atoms with Crippen molar-refractivity contribution >= 4 is 11.5 Å². The van der Waals surface area contributed by atoms with Crippen molar-refractivity contribution in [2.24, 2.45) is 11.7 Å². The maximum Gasteiger partial charge on any atom is 0.393 e. The molecule has 0 aromatic carbocycles. The zero-order chi connectivity index (χ0) is 18.2. The lowest BCUT2D eigenvalue weighted by Gasteiger charge is -2.39. The highest BCUT2D eigenvalue weighted by Gasteiger charge is 2.44. The molecule has 0 amide bonds. The van der Waals surface area contributed by atoms with Crippen molar-refractivity contribution in [3.05, 3.63) is 17.8 Å². The number of hydrogen-bond acceptors (Lipinski definition) is 5. The van der Waals surface area contributed by atoms with Crippen molar-refractivity contribution in [1.82, 2.24) is 9.88 Å². The summed E-state index contributed by atoms with van der Waals surface area (Å²) in [4.78, 5) is 7.61. The highest BCUT2D eigenvalue weighted by molar-refractivity contribution is 5.62. The van der Waals surface area contributed by atoms with E-state index in [0.29, 0.717) is 43.9 Å². The van der Waals surface area contributed by atoms with Gasteiger partial charge in [0.25, 0.3) is 0 Å². The molecule has 3 rings (SSSR count). The van der Waals surface area contributed by atoms with Gasteiger partial charge in [0, 0.05) is 56.2 Å². The Morgan fingerprint density at radius 3 is 2.64 bits per heavy atom. The zero-order valence-electron chi connectivity index (χ0n) is 13.8. The second-order valence-corrected chi connectivity index (χ2v) is 6.95. The highest BCUT2D eigenvalue weighted by atomic mass is 19.4. The SMILES string of the molecule is Nc1nccc(N2CC(N)CC(C(F)(F)F)C2)c1CN1CC[C@@H](F)C1. The van der Waals surface area contributed by atoms with E-state index in [-0.39, 0.29) is 18.8 Å². The maximum atomic E-state index is 13.4. The normalized spacial score (nSPS) is 28.5. The van der Waals surface area contributed by atoms with Crippen LogP contribution in [0.15, 0.2) is 12.3 Å². The molecule has 4 N–H and O–H groups in total. The van der Waals surface area contributed by atoms with Crippen LogP contribution < -0.4 is 16.4 Å². The molecule has 1 aromatic rings. The van der Waals surface area contributed by atoms with Crippen LogP contribution >= 0.6 is 0 Å². The number of rotatable bonds is 3. The lowest BCUT2D eigenvalue weighted by Crippen LogP contribution is -2.51. The molecular weight excluding hydrogens is 338 g/mol. The van der Waals surface area contributed by atoms with E-state index in [1.165, 1.54) is 6.20 Å². The molecule has 2 fully saturated rings. The largest absolute Gasteiger partial charge is 0.393 e. The van der Waals surface area contributed by atoms with Gasteiger partial charge in [0.05, 0.1) is 5.92 Å². The van der Waals surface area contributed by atoms with Crippen LogP contribution in [-0.2, 0) is 6.54 Å². The van der Waals surface area contributed by atoms with Gasteiger partial charge in [0.15, 0.2) is 0 Å². The van der Waals surface area contributed by atoms with Gasteiger partial charge in [-0.25, -0.2) is 9.37 Å². The predicted molar refractivity (Wildman–Crippen MR) is 87.8 cm³/mol. The number of halogens is 4. The topological polar surface area (TPSA) is 71.4 Å². The quantitative estimate of drug-likeness (QED) is 0.805. The number of hydrogen-bond donors (Lipinski definition) is 2. The number of pyridine rings is 1. The molecule has 9 heteroatoms. The van der Waals surface area contributed by atoms with Crippen LogP contribution in [0.4, 0.5) is 29.1 Å². The predicted octanol–water partition coefficient (Wildman–Crippen LogP) is 1.92. The Labute approximate surface area is 144 Å². The molecule has 1 aromatic heterocycles. The highest BCUT2D eigenvalue weighted by Crippen LogP contribution is 2.36. The number of piperidine rings is 1. The molecule has 0 aliphatic carbocycles. The van der Waals surface area contributed by atoms with E-state index < -0.39 is 24.3 Å². The molecule has 0 spiro atoms. The fourth-order valence-electron chi connectivity index (χ4n) is 3.68. The van der Waals surface area contributed by atoms with Crippen LogP contribution in [0, 0.1) is 5.92 Å². The van der Waals surface area contributed by atoms with E-state index in [4.69, 9.17) is 11.5 Å². The Balaban J connectivity index is 1.84. The fourth-order valence-corrected chi connectivity index (χ4v) is 3.68. The first-order valence-electron chi connectivity index (χ1n) is 8.41. The zero-order valence-corrected chi connectivity index (χ0v) is 13.8. The molecule has 2 saturated heterocycles. The number of aromatic nitrogens is 1. The standard InChI is InChI=1S/C16H23F4N5/c17-11-2-4-24(7-11)9-13-14(1-3-23-15(13)22)25-6-10(16(18,19)20)5-12(21)8-25/h1,3,10-12H,2,4-9,21H2,(H2,22,23)/t10?,11-,12?/m1/s1. The monoisotopic (exact) mass is 361 g/mol. The summed E-state index contributed by atoms with van der Waals surface area (Å²) >= 11 is 0. The van der Waals surface area contributed by atoms with E-state index in [2.05, 4.69) is 4.98 Å². The van der Waals surface area contributed by atoms with E-state index in [9.17, 15) is 17.6 Å². The molecule has 3 atom stereocenters. The summed E-state index contributed by atoms with van der Waals surface area (Å²) < 4.78 is 53.0. The number of nitrogens with zero attached hydrogens (tertiary/aromatic N) is 3. The van der Waals surface area contributed by atoms with E-state index in [1.54, 1.807) is 11.0 Å². The van der Waals surface area contributed by atoms with Gasteiger partial charge in [0.1, 0.15) is 12.0 Å². The summed E-state index contributed by atoms with van der Waals surface area (Å²) in [5.74, 6) is -1.21. The Morgan fingerprint density at radius 2 is 2.00 bits per heavy atom. The van der Waals surface area contributed by atoms with Crippen molar-refractivity contribution in [1.29, 1.82) is 0 Å². The molecular formula is C16H23F4N5. The van der Waals surface area contributed by atoms with Gasteiger partial charge >= 0.3 is 6.18 Å². The fraction of sp³-hybridized carbons (Fsp3) is 0.688. The minimum absolute atomic E-state index is 0.0778. The lowest BCUT2D eigenvalue weighted by atomic mass is 9.93. The van der Waals surface area contributed by atoms with Crippen molar-refractivity contribution in [3.8, 4) is 0 Å². The molecule has 2 aliphatic heterocycles. The summed E-state index contributed by atoms with van der Waals surface area (Å²) in [6.07, 6.45) is -3.30. The summed E-state index contributed by atoms with van der Waals surface area (Å²) in [6.45, 7) is 1.45. The van der Waals surface area contributed by atoms with E-state index in [0.717, 1.165) is 0 Å². The van der Waals surface area contributed by atoms with Gasteiger partial charge < -0.3 is 16.4 Å². The molecule has 0 saturated carbocycles. The summed E-state index contributed by atoms with van der Waals surface area (Å²) in [5, 5.41) is 0. The third-order valence-electron chi connectivity index (χ3n) is 4.95. The summed E-state index contributed by atoms with van der Waals surface area (Å²) in [6, 6.07) is 1.10. The van der Waals surface area contributed by atoms with Crippen LogP contribution in [0.1, 0.15) is 18.4 Å². The molecule has 140 valence electrons. The van der Waals surface area contributed by atoms with Gasteiger partial charge in [-0.1, -0.05) is 0 Å². The first-order chi connectivity index (χ1) is 11.7. The number of nitrogens with two attached hydrogens (primary N) is 2. The first-order valence-corrected chi connectivity index (χ1v) is 8.41. The van der Waals surface area contributed by atoms with Gasteiger partial charge in [-0.2, -0.15) is 13.2 Å². The van der Waals surface area contributed by atoms with E-state index in [1.807, 2.05) is 4.90 Å². The maximum absolute atomic E-state index is 13.4. The minimum Gasteiger partial charge on any atom is -0.383 e. The second-order valence-electron chi connectivity index (χ2n) is 6.95. The van der Waals surface area contributed by atoms with Crippen LogP contribution in [-0.4, -0.2) is 54.5 Å². The third-order valence-corrected chi connectivity index (χ3v) is 4.95. The minimum atomic E-state index is -4.29. The smallest absolute Gasteiger partial charge is 0.383 e. The number of anilines is 2. The molecule has 0 bridgehead atoms. The Hall–Kier alpha value is -1.61. The molecule has 0 radical (unpaired) electrons. The molecule has 3 heterocycles. The molecule has 2 aliphatic rings. The average Bonchev–Trinajstić information content (AvgIpc) is 2.93. The number of likely N-dealkylation sites (tertiary alicyclic amines) is 1. The van der Waals surface area contributed by atoms with Crippen LogP contribution in [0.25, 0.3) is 0 Å². The van der Waals surface area contributed by atoms with Gasteiger partial charge in [-0.3, -0.25) is 4.90 Å². The van der Waals surface area contributed by atoms with Crippen molar-refractivity contribution in [2.75, 3.05) is 36.8 Å². The Morgan fingerprint density at radius 1 is 1.24 bits per heavy atom. The van der Waals surface area contributed by atoms with Crippen molar-refractivity contribution in [3.63, 3.8) is 0 Å². The van der Waals surface area contributed by atoms with Crippen LogP contribution in [0.3, 0.4) is 0 Å². The number of nitrogen functional groups attached to an aromatic ring is 1. The lowest BCUT2D eigenvalue weighted by molar-refractivity contribution is -0.177. The first kappa shape index (κ1) is 18.2. The van der Waals surface area contributed by atoms with Crippen molar-refractivity contribution in [2.45, 2.75) is 37.8 Å². The van der Waals surface area contributed by atoms with Gasteiger partial charge in [-0.05, 0) is 18.9 Å². The van der Waals surface area contributed by atoms with Crippen LogP contribution in [0.2, 0.25) is 0 Å². The molecule has 5 nitrogen and oxygen atoms in total. The van der Waals surface area contributed by atoms with Gasteiger partial charge in [-0.15, -0.1) is 0 Å². The number of alkyl halides is 4. The van der Waals surface area contributed by atoms with Crippen LogP contribution in [0.5, 0.6) is 0 Å². The second kappa shape index (κ2) is 6.95. The third kappa shape index (κ3) is 4.14. The summed E-state index contributed by atoms with van der Waals surface area (Å²) in [5.41, 5.74) is 13.1. The molecule has 25 heavy (non-hydrogen) atoms. The average molecular weight is 361 g/mol. The Kier molecular flexibility index (Phi) is 5.06. The Bertz CT molecular complexity index is 609. The van der Waals surface area contributed by atoms with Gasteiger partial charge in [0.2, 0.25) is 0 Å². The van der Waals surface area contributed by atoms with E-state index >= 15 is 0 Å². The van der Waals surface area contributed by atoms with Crippen molar-refractivity contribution < 1.29 is 17.6 Å².